The van der Waals surface area contributed by atoms with Crippen LogP contribution in [0.2, 0.25) is 0 Å². The number of nitrogens with one attached hydrogen (secondary N) is 7. The number of carbonyl (C=O) groups is 10. The van der Waals surface area contributed by atoms with Crippen LogP contribution in [0.25, 0.3) is 0 Å². The van der Waals surface area contributed by atoms with Gasteiger partial charge >= 0.3 is 5.97 Å². The molecule has 26 heteroatoms. The van der Waals surface area contributed by atoms with Gasteiger partial charge in [-0.25, -0.2) is 4.79 Å². The van der Waals surface area contributed by atoms with Crippen LogP contribution in [0.5, 0.6) is 17.2 Å². The topological polar surface area (TPSA) is 432 Å². The molecule has 17 N–H and O–H groups in total. The molecule has 10 atom stereocenters. The highest BCUT2D eigenvalue weighted by atomic mass is 16.4. The second kappa shape index (κ2) is 30.9. The number of carboxylic acids is 1. The Kier molecular flexibility index (Phi) is 24.8. The summed E-state index contributed by atoms with van der Waals surface area (Å²) in [6, 6.07) is 3.76. The smallest absolute Gasteiger partial charge is 0.328 e. The number of primary amides is 1. The van der Waals surface area contributed by atoms with Gasteiger partial charge in [0.25, 0.3) is 0 Å². The van der Waals surface area contributed by atoms with Crippen molar-refractivity contribution in [1.82, 2.24) is 42.1 Å². The number of phenols is 3. The molecule has 1 fully saturated rings. The monoisotopic (exact) mass is 1130 g/mol. The lowest BCUT2D eigenvalue weighted by Gasteiger charge is -2.31. The first kappa shape index (κ1) is 65.2. The highest BCUT2D eigenvalue weighted by Gasteiger charge is 2.41. The molecule has 0 spiro atoms. The van der Waals surface area contributed by atoms with Crippen LogP contribution in [0.15, 0.2) is 72.8 Å². The lowest BCUT2D eigenvalue weighted by molar-refractivity contribution is -0.145. The van der Waals surface area contributed by atoms with E-state index in [0.717, 1.165) is 6.92 Å². The number of nitrogens with two attached hydrogens (primary N) is 2. The van der Waals surface area contributed by atoms with E-state index in [-0.39, 0.29) is 81.1 Å². The lowest BCUT2D eigenvalue weighted by atomic mass is 9.99. The van der Waals surface area contributed by atoms with Crippen molar-refractivity contribution in [2.45, 2.75) is 146 Å². The van der Waals surface area contributed by atoms with Gasteiger partial charge in [-0.2, -0.15) is 0 Å². The molecule has 0 bridgehead atoms. The zero-order chi connectivity index (χ0) is 60.2. The molecule has 0 aliphatic carbocycles. The minimum absolute atomic E-state index is 0.0145. The normalized spacial score (nSPS) is 16.5. The number of aliphatic hydroxyl groups excluding tert-OH is 2. The Balaban J connectivity index is 1.58. The van der Waals surface area contributed by atoms with Crippen LogP contribution in [0.4, 0.5) is 0 Å². The molecule has 26 nitrogen and oxygen atoms in total. The van der Waals surface area contributed by atoms with E-state index in [1.807, 2.05) is 13.8 Å². The predicted octanol–water partition coefficient (Wildman–Crippen LogP) is -2.03. The standard InChI is InChI=1S/C55H76N10O16/c1-28(2)23-37(56)47(72)58-38(20-21-44(57)71)48(73)59-39(24-31-8-14-34(68)15-9-31)49(74)63-45(29(3)4)53(78)62-42(27-66)51(76)61-41(26-33-12-18-36(70)19-13-33)54(79)65-22-6-7-43(65)52(77)60-40(25-32-10-16-35(69)17-11-32)50(75)64-46(30(5)67)55(80)81/h8-19,28-30,37-43,45-46,66-70H,6-7,20-27,56H2,1-5H3,(H2,57,71)(H,58,72)(H,59,73)(H,60,77)(H,61,76)(H,62,78)(H,63,74)(H,64,75)(H,80,81)/t30-,37+,38+,39+,40+,41+,42+,43+,45+,46+/m1/s1. The quantitative estimate of drug-likeness (QED) is 0.0342. The molecule has 1 aliphatic rings. The highest BCUT2D eigenvalue weighted by molar-refractivity contribution is 5.98. The molecule has 1 heterocycles. The summed E-state index contributed by atoms with van der Waals surface area (Å²) in [5.74, 6) is -10.6. The maximum absolute atomic E-state index is 14.7. The number of benzene rings is 3. The highest BCUT2D eigenvalue weighted by Crippen LogP contribution is 2.22. The number of aromatic hydroxyl groups is 3. The van der Waals surface area contributed by atoms with E-state index in [4.69, 9.17) is 11.5 Å². The van der Waals surface area contributed by atoms with Crippen LogP contribution in [-0.4, -0.2) is 168 Å². The summed E-state index contributed by atoms with van der Waals surface area (Å²) >= 11 is 0. The minimum Gasteiger partial charge on any atom is -0.508 e. The number of nitrogens with zero attached hydrogens (tertiary/aromatic N) is 1. The zero-order valence-electron chi connectivity index (χ0n) is 45.8. The van der Waals surface area contributed by atoms with Crippen LogP contribution in [0.3, 0.4) is 0 Å². The van der Waals surface area contributed by atoms with E-state index >= 15 is 0 Å². The van der Waals surface area contributed by atoms with Gasteiger partial charge in [-0.15, -0.1) is 0 Å². The fraction of sp³-hybridized carbons (Fsp3) is 0.491. The number of carbonyl (C=O) groups excluding carboxylic acids is 9. The molecular formula is C55H76N10O16. The summed E-state index contributed by atoms with van der Waals surface area (Å²) in [7, 11) is 0. The van der Waals surface area contributed by atoms with Gasteiger partial charge < -0.3 is 84.2 Å². The van der Waals surface area contributed by atoms with Crippen molar-refractivity contribution in [1.29, 1.82) is 0 Å². The molecule has 442 valence electrons. The van der Waals surface area contributed by atoms with E-state index in [1.165, 1.54) is 77.7 Å². The molecule has 81 heavy (non-hydrogen) atoms. The molecule has 9 amide bonds. The maximum atomic E-state index is 14.7. The van der Waals surface area contributed by atoms with Crippen LogP contribution in [0.1, 0.15) is 83.4 Å². The van der Waals surface area contributed by atoms with E-state index in [9.17, 15) is 78.6 Å². The Bertz CT molecular complexity index is 2670. The van der Waals surface area contributed by atoms with Gasteiger partial charge in [0, 0.05) is 32.2 Å². The molecule has 0 saturated carbocycles. The SMILES string of the molecule is CC(C)C[C@H](N)C(=O)N[C@@H](CCC(N)=O)C(=O)N[C@@H](Cc1ccc(O)cc1)C(=O)N[C@H](C(=O)N[C@@H](CO)C(=O)N[C@@H](Cc1ccc(O)cc1)C(=O)N1CCC[C@H]1C(=O)N[C@@H](Cc1ccc(O)cc1)C(=O)N[C@H](C(=O)O)[C@@H](C)O)C(C)C. The average Bonchev–Trinajstić information content (AvgIpc) is 3.90. The molecular weight excluding hydrogens is 1060 g/mol. The second-order valence-electron chi connectivity index (χ2n) is 20.8. The van der Waals surface area contributed by atoms with Crippen molar-refractivity contribution in [2.75, 3.05) is 13.2 Å². The van der Waals surface area contributed by atoms with Crippen molar-refractivity contribution in [3.05, 3.63) is 89.5 Å². The van der Waals surface area contributed by atoms with Crippen molar-refractivity contribution >= 4 is 59.1 Å². The summed E-state index contributed by atoms with van der Waals surface area (Å²) in [6.45, 7) is 6.89. The van der Waals surface area contributed by atoms with Gasteiger partial charge in [-0.1, -0.05) is 64.1 Å². The fourth-order valence-electron chi connectivity index (χ4n) is 8.87. The number of rotatable bonds is 30. The summed E-state index contributed by atoms with van der Waals surface area (Å²) in [4.78, 5) is 137. The number of aliphatic carboxylic acids is 1. The van der Waals surface area contributed by atoms with Crippen molar-refractivity contribution in [3.8, 4) is 17.2 Å². The first-order chi connectivity index (χ1) is 38.2. The van der Waals surface area contributed by atoms with Crippen LogP contribution < -0.4 is 48.7 Å². The molecule has 0 unspecified atom stereocenters. The molecule has 0 radical (unpaired) electrons. The van der Waals surface area contributed by atoms with Crippen molar-refractivity contribution in [2.24, 2.45) is 23.3 Å². The third kappa shape index (κ3) is 20.4. The van der Waals surface area contributed by atoms with Gasteiger partial charge in [0.2, 0.25) is 53.2 Å². The molecule has 1 saturated heterocycles. The van der Waals surface area contributed by atoms with E-state index < -0.39 is 132 Å². The number of carboxylic acid groups (broad SMARTS) is 1. The third-order valence-electron chi connectivity index (χ3n) is 13.3. The number of aliphatic hydroxyl groups is 2. The third-order valence-corrected chi connectivity index (χ3v) is 13.3. The van der Waals surface area contributed by atoms with E-state index in [0.29, 0.717) is 16.7 Å². The molecule has 0 aromatic heterocycles. The molecule has 4 rings (SSSR count). The largest absolute Gasteiger partial charge is 0.508 e. The summed E-state index contributed by atoms with van der Waals surface area (Å²) in [5.41, 5.74) is 12.7. The first-order valence-corrected chi connectivity index (χ1v) is 26.5. The fourth-order valence-corrected chi connectivity index (χ4v) is 8.87. The number of amides is 9. The summed E-state index contributed by atoms with van der Waals surface area (Å²) in [5, 5.41) is 77.6. The van der Waals surface area contributed by atoms with E-state index in [1.54, 1.807) is 13.8 Å². The number of phenolic OH excluding ortho intramolecular Hbond substituents is 3. The average molecular weight is 1130 g/mol. The van der Waals surface area contributed by atoms with Gasteiger partial charge in [0.1, 0.15) is 59.5 Å². The minimum atomic E-state index is -1.77. The number of hydrogen-bond acceptors (Lipinski definition) is 16. The van der Waals surface area contributed by atoms with Gasteiger partial charge in [0.05, 0.1) is 18.8 Å². The van der Waals surface area contributed by atoms with Gasteiger partial charge in [-0.05, 0) is 97.5 Å². The Morgan fingerprint density at radius 3 is 1.43 bits per heavy atom. The maximum Gasteiger partial charge on any atom is 0.328 e. The van der Waals surface area contributed by atoms with Crippen LogP contribution in [0, 0.1) is 11.8 Å². The van der Waals surface area contributed by atoms with E-state index in [2.05, 4.69) is 37.2 Å². The Morgan fingerprint density at radius 1 is 0.568 bits per heavy atom. The second-order valence-corrected chi connectivity index (χ2v) is 20.8. The van der Waals surface area contributed by atoms with Crippen molar-refractivity contribution < 1.29 is 78.6 Å². The van der Waals surface area contributed by atoms with Crippen LogP contribution >= 0.6 is 0 Å². The Labute approximate surface area is 468 Å². The summed E-state index contributed by atoms with van der Waals surface area (Å²) < 4.78 is 0. The molecule has 3 aromatic rings. The van der Waals surface area contributed by atoms with Gasteiger partial charge in [0.15, 0.2) is 6.04 Å². The Hall–Kier alpha value is -8.36. The number of likely N-dealkylation sites (tertiary alicyclic amines) is 1. The number of hydrogen-bond donors (Lipinski definition) is 15. The predicted molar refractivity (Wildman–Crippen MR) is 291 cm³/mol. The first-order valence-electron chi connectivity index (χ1n) is 26.5. The zero-order valence-corrected chi connectivity index (χ0v) is 45.8. The molecule has 3 aromatic carbocycles. The summed E-state index contributed by atoms with van der Waals surface area (Å²) in [6.07, 6.45) is -2.21. The van der Waals surface area contributed by atoms with Crippen molar-refractivity contribution in [3.63, 3.8) is 0 Å². The Morgan fingerprint density at radius 2 is 0.988 bits per heavy atom. The van der Waals surface area contributed by atoms with Crippen LogP contribution in [-0.2, 0) is 67.2 Å². The molecule has 1 aliphatic heterocycles. The lowest BCUT2D eigenvalue weighted by Crippen LogP contribution is -2.62. The van der Waals surface area contributed by atoms with Gasteiger partial charge in [-0.3, -0.25) is 43.2 Å².